The lowest BCUT2D eigenvalue weighted by molar-refractivity contribution is -0.141. The molecule has 2 amide bonds. The summed E-state index contributed by atoms with van der Waals surface area (Å²) in [5.41, 5.74) is -1.45. The number of carboxylic acid groups (broad SMARTS) is 1. The maximum atomic E-state index is 11.8. The maximum Gasteiger partial charge on any atom is 0.317 e. The largest absolute Gasteiger partial charge is 0.481 e. The number of nitrogens with one attached hydrogen (secondary N) is 1. The normalized spacial score (nSPS) is 13.6. The summed E-state index contributed by atoms with van der Waals surface area (Å²) in [5.74, 6) is -1.11. The zero-order chi connectivity index (χ0) is 14.5. The highest BCUT2D eigenvalue weighted by Crippen LogP contribution is 2.11. The number of urea groups is 1. The van der Waals surface area contributed by atoms with Crippen molar-refractivity contribution in [3.05, 3.63) is 22.4 Å². The number of nitrogens with zero attached hydrogens (tertiary/aromatic N) is 1. The average Bonchev–Trinajstić information content (AvgIpc) is 2.76. The molecule has 0 spiro atoms. The zero-order valence-corrected chi connectivity index (χ0v) is 11.7. The molecule has 0 aliphatic heterocycles. The van der Waals surface area contributed by atoms with Crippen molar-refractivity contribution >= 4 is 23.3 Å². The van der Waals surface area contributed by atoms with Gasteiger partial charge in [0.05, 0.1) is 18.6 Å². The van der Waals surface area contributed by atoms with Gasteiger partial charge in [0.25, 0.3) is 0 Å². The molecule has 106 valence electrons. The van der Waals surface area contributed by atoms with Gasteiger partial charge in [-0.3, -0.25) is 4.79 Å². The molecule has 0 aromatic carbocycles. The first kappa shape index (κ1) is 15.5. The van der Waals surface area contributed by atoms with Gasteiger partial charge in [-0.25, -0.2) is 4.79 Å². The number of aliphatic carboxylic acids is 1. The Bertz CT molecular complexity index is 431. The minimum absolute atomic E-state index is 0.104. The molecule has 19 heavy (non-hydrogen) atoms. The summed E-state index contributed by atoms with van der Waals surface area (Å²) < 4.78 is 0. The average molecular weight is 286 g/mol. The SMILES string of the molecule is CN(Cc1cccs1)C(=O)NCC(C)(O)CC(=O)O. The summed E-state index contributed by atoms with van der Waals surface area (Å²) >= 11 is 1.55. The Kier molecular flexibility index (Phi) is 5.31. The summed E-state index contributed by atoms with van der Waals surface area (Å²) in [5, 5.41) is 22.8. The third-order valence-corrected chi connectivity index (χ3v) is 3.33. The molecule has 0 saturated heterocycles. The molecule has 0 saturated carbocycles. The van der Waals surface area contributed by atoms with Crippen molar-refractivity contribution < 1.29 is 19.8 Å². The highest BCUT2D eigenvalue weighted by atomic mass is 32.1. The Labute approximate surface area is 115 Å². The van der Waals surface area contributed by atoms with E-state index >= 15 is 0 Å². The molecule has 1 atom stereocenters. The molecule has 1 heterocycles. The van der Waals surface area contributed by atoms with Crippen molar-refractivity contribution in [1.82, 2.24) is 10.2 Å². The van der Waals surface area contributed by atoms with Gasteiger partial charge < -0.3 is 20.4 Å². The van der Waals surface area contributed by atoms with E-state index < -0.39 is 18.0 Å². The first-order chi connectivity index (χ1) is 8.80. The Hall–Kier alpha value is -1.60. The van der Waals surface area contributed by atoms with Crippen LogP contribution in [0, 0.1) is 0 Å². The Balaban J connectivity index is 2.40. The third kappa shape index (κ3) is 5.71. The standard InChI is InChI=1S/C12H18N2O4S/c1-12(18,6-10(15)16)8-13-11(17)14(2)7-9-4-3-5-19-9/h3-5,18H,6-8H2,1-2H3,(H,13,17)(H,15,16). The van der Waals surface area contributed by atoms with Crippen molar-refractivity contribution in [2.45, 2.75) is 25.5 Å². The molecule has 0 fully saturated rings. The fraction of sp³-hybridized carbons (Fsp3) is 0.500. The molecule has 1 aromatic rings. The Morgan fingerprint density at radius 2 is 2.21 bits per heavy atom. The molecule has 1 aromatic heterocycles. The van der Waals surface area contributed by atoms with Crippen LogP contribution in [0.1, 0.15) is 18.2 Å². The number of thiophene rings is 1. The summed E-state index contributed by atoms with van der Waals surface area (Å²) in [6, 6.07) is 3.48. The van der Waals surface area contributed by atoms with Gasteiger partial charge in [0.2, 0.25) is 0 Å². The van der Waals surface area contributed by atoms with E-state index in [-0.39, 0.29) is 12.6 Å². The van der Waals surface area contributed by atoms with Crippen LogP contribution < -0.4 is 5.32 Å². The zero-order valence-electron chi connectivity index (χ0n) is 10.9. The van der Waals surface area contributed by atoms with E-state index in [1.807, 2.05) is 17.5 Å². The molecule has 0 aliphatic rings. The highest BCUT2D eigenvalue weighted by Gasteiger charge is 2.25. The van der Waals surface area contributed by atoms with Crippen molar-refractivity contribution in [2.24, 2.45) is 0 Å². The lowest BCUT2D eigenvalue weighted by Gasteiger charge is -2.24. The second-order valence-corrected chi connectivity index (χ2v) is 5.69. The Morgan fingerprint density at radius 3 is 2.74 bits per heavy atom. The number of carbonyl (C=O) groups excluding carboxylic acids is 1. The van der Waals surface area contributed by atoms with Gasteiger partial charge in [-0.2, -0.15) is 0 Å². The fourth-order valence-corrected chi connectivity index (χ4v) is 2.25. The van der Waals surface area contributed by atoms with Crippen LogP contribution in [-0.4, -0.2) is 46.3 Å². The highest BCUT2D eigenvalue weighted by molar-refractivity contribution is 7.09. The lowest BCUT2D eigenvalue weighted by atomic mass is 10.0. The molecule has 0 bridgehead atoms. The summed E-state index contributed by atoms with van der Waals surface area (Å²) in [7, 11) is 1.64. The summed E-state index contributed by atoms with van der Waals surface area (Å²) in [6.45, 7) is 1.75. The number of carbonyl (C=O) groups is 2. The molecule has 7 heteroatoms. The molecule has 0 radical (unpaired) electrons. The number of amides is 2. The van der Waals surface area contributed by atoms with Crippen LogP contribution in [0.5, 0.6) is 0 Å². The minimum atomic E-state index is -1.45. The van der Waals surface area contributed by atoms with E-state index in [4.69, 9.17) is 5.11 Å². The van der Waals surface area contributed by atoms with Gasteiger partial charge in [0.1, 0.15) is 0 Å². The van der Waals surface area contributed by atoms with Gasteiger partial charge >= 0.3 is 12.0 Å². The van der Waals surface area contributed by atoms with E-state index in [1.54, 1.807) is 18.4 Å². The third-order valence-electron chi connectivity index (χ3n) is 2.47. The molecule has 6 nitrogen and oxygen atoms in total. The van der Waals surface area contributed by atoms with Crippen LogP contribution >= 0.6 is 11.3 Å². The van der Waals surface area contributed by atoms with Crippen molar-refractivity contribution in [3.63, 3.8) is 0 Å². The summed E-state index contributed by atoms with van der Waals surface area (Å²) in [6.07, 6.45) is -0.415. The number of aliphatic hydroxyl groups is 1. The molecule has 1 unspecified atom stereocenters. The van der Waals surface area contributed by atoms with Crippen LogP contribution in [0.4, 0.5) is 4.79 Å². The summed E-state index contributed by atoms with van der Waals surface area (Å²) in [4.78, 5) is 24.8. The smallest absolute Gasteiger partial charge is 0.317 e. The number of carboxylic acids is 1. The van der Waals surface area contributed by atoms with E-state index in [2.05, 4.69) is 5.32 Å². The molecule has 3 N–H and O–H groups in total. The van der Waals surface area contributed by atoms with Crippen LogP contribution in [0.25, 0.3) is 0 Å². The predicted octanol–water partition coefficient (Wildman–Crippen LogP) is 1.12. The van der Waals surface area contributed by atoms with Crippen LogP contribution in [0.2, 0.25) is 0 Å². The van der Waals surface area contributed by atoms with Gasteiger partial charge in [-0.1, -0.05) is 6.07 Å². The van der Waals surface area contributed by atoms with Gasteiger partial charge in [0, 0.05) is 18.5 Å². The lowest BCUT2D eigenvalue weighted by Crippen LogP contribution is -2.46. The number of hydrogen-bond donors (Lipinski definition) is 3. The van der Waals surface area contributed by atoms with E-state index in [9.17, 15) is 14.7 Å². The van der Waals surface area contributed by atoms with Crippen molar-refractivity contribution in [2.75, 3.05) is 13.6 Å². The van der Waals surface area contributed by atoms with Crippen LogP contribution in [0.3, 0.4) is 0 Å². The van der Waals surface area contributed by atoms with E-state index in [1.165, 1.54) is 11.8 Å². The van der Waals surface area contributed by atoms with Gasteiger partial charge in [-0.15, -0.1) is 11.3 Å². The maximum absolute atomic E-state index is 11.8. The van der Waals surface area contributed by atoms with Crippen LogP contribution in [-0.2, 0) is 11.3 Å². The van der Waals surface area contributed by atoms with E-state index in [0.29, 0.717) is 6.54 Å². The fourth-order valence-electron chi connectivity index (χ4n) is 1.50. The quantitative estimate of drug-likeness (QED) is 0.731. The second kappa shape index (κ2) is 6.53. The topological polar surface area (TPSA) is 89.9 Å². The monoisotopic (exact) mass is 286 g/mol. The molecule has 1 rings (SSSR count). The van der Waals surface area contributed by atoms with Crippen LogP contribution in [0.15, 0.2) is 17.5 Å². The molecular weight excluding hydrogens is 268 g/mol. The number of hydrogen-bond acceptors (Lipinski definition) is 4. The van der Waals surface area contributed by atoms with Crippen molar-refractivity contribution in [1.29, 1.82) is 0 Å². The second-order valence-electron chi connectivity index (χ2n) is 4.66. The predicted molar refractivity (Wildman–Crippen MR) is 72.1 cm³/mol. The Morgan fingerprint density at radius 1 is 1.53 bits per heavy atom. The molecule has 0 aliphatic carbocycles. The van der Waals surface area contributed by atoms with Gasteiger partial charge in [-0.05, 0) is 18.4 Å². The number of rotatable bonds is 6. The van der Waals surface area contributed by atoms with E-state index in [0.717, 1.165) is 4.88 Å². The van der Waals surface area contributed by atoms with Gasteiger partial charge in [0.15, 0.2) is 0 Å². The van der Waals surface area contributed by atoms with Crippen molar-refractivity contribution in [3.8, 4) is 0 Å². The molecular formula is C12H18N2O4S. The first-order valence-electron chi connectivity index (χ1n) is 5.76. The first-order valence-corrected chi connectivity index (χ1v) is 6.64. The minimum Gasteiger partial charge on any atom is -0.481 e.